The Labute approximate surface area is 98.3 Å². The van der Waals surface area contributed by atoms with Crippen molar-refractivity contribution in [1.82, 2.24) is 4.98 Å². The number of aliphatic hydroxyl groups is 1. The van der Waals surface area contributed by atoms with E-state index in [0.29, 0.717) is 0 Å². The van der Waals surface area contributed by atoms with E-state index in [4.69, 9.17) is 0 Å². The molecule has 0 radical (unpaired) electrons. The van der Waals surface area contributed by atoms with Crippen LogP contribution in [0, 0.1) is 0 Å². The molecule has 1 aliphatic rings. The van der Waals surface area contributed by atoms with Crippen LogP contribution < -0.4 is 4.90 Å². The maximum atomic E-state index is 9.26. The van der Waals surface area contributed by atoms with Crippen LogP contribution in [0.1, 0.15) is 24.8 Å². The number of pyridine rings is 1. The molecule has 2 heterocycles. The molecule has 0 aliphatic carbocycles. The minimum absolute atomic E-state index is 0.0616. The number of piperidine rings is 1. The fraction of sp³-hybridized carbons (Fsp3) is 0.545. The zero-order valence-corrected chi connectivity index (χ0v) is 10.2. The average Bonchev–Trinajstić information content (AvgIpc) is 2.30. The molecule has 1 aromatic rings. The van der Waals surface area contributed by atoms with Crippen LogP contribution in [0.3, 0.4) is 0 Å². The van der Waals surface area contributed by atoms with Gasteiger partial charge in [-0.2, -0.15) is 0 Å². The Balaban J connectivity index is 2.27. The van der Waals surface area contributed by atoms with Gasteiger partial charge in [0, 0.05) is 18.7 Å². The summed E-state index contributed by atoms with van der Waals surface area (Å²) in [5.41, 5.74) is 0.917. The van der Waals surface area contributed by atoms with Crippen LogP contribution in [0.4, 0.5) is 5.82 Å². The number of halogens is 1. The van der Waals surface area contributed by atoms with Crippen molar-refractivity contribution in [2.75, 3.05) is 18.0 Å². The Morgan fingerprint density at radius 2 is 2.00 bits per heavy atom. The maximum Gasteiger partial charge on any atom is 0.135 e. The predicted molar refractivity (Wildman–Crippen MR) is 63.9 cm³/mol. The molecule has 1 fully saturated rings. The van der Waals surface area contributed by atoms with E-state index in [2.05, 4.69) is 25.8 Å². The molecular weight excluding hydrogens is 256 g/mol. The molecule has 1 saturated heterocycles. The highest BCUT2D eigenvalue weighted by atomic mass is 79.9. The quantitative estimate of drug-likeness (QED) is 0.839. The van der Waals surface area contributed by atoms with E-state index in [1.165, 1.54) is 19.3 Å². The van der Waals surface area contributed by atoms with E-state index in [1.807, 2.05) is 12.1 Å². The first-order chi connectivity index (χ1) is 7.31. The van der Waals surface area contributed by atoms with Crippen LogP contribution in [-0.4, -0.2) is 23.2 Å². The van der Waals surface area contributed by atoms with Crippen LogP contribution >= 0.6 is 15.9 Å². The first-order valence-corrected chi connectivity index (χ1v) is 6.12. The summed E-state index contributed by atoms with van der Waals surface area (Å²) in [6.07, 6.45) is 3.75. The number of anilines is 1. The van der Waals surface area contributed by atoms with Gasteiger partial charge in [0.15, 0.2) is 0 Å². The molecule has 0 atom stereocenters. The lowest BCUT2D eigenvalue weighted by molar-refractivity contribution is 0.281. The minimum Gasteiger partial charge on any atom is -0.392 e. The van der Waals surface area contributed by atoms with Crippen molar-refractivity contribution in [3.8, 4) is 0 Å². The summed E-state index contributed by atoms with van der Waals surface area (Å²) >= 11 is 3.37. The standard InChI is InChI=1S/C11H15BrN2O/c12-10-5-4-9(8-15)11(13-10)14-6-2-1-3-7-14/h4-5,15H,1-3,6-8H2. The van der Waals surface area contributed by atoms with E-state index in [9.17, 15) is 5.11 Å². The second-order valence-corrected chi connectivity index (χ2v) is 4.64. The van der Waals surface area contributed by atoms with Crippen molar-refractivity contribution in [2.24, 2.45) is 0 Å². The van der Waals surface area contributed by atoms with Crippen molar-refractivity contribution in [1.29, 1.82) is 0 Å². The van der Waals surface area contributed by atoms with Gasteiger partial charge in [-0.1, -0.05) is 6.07 Å². The molecule has 0 bridgehead atoms. The van der Waals surface area contributed by atoms with Gasteiger partial charge in [-0.25, -0.2) is 4.98 Å². The minimum atomic E-state index is 0.0616. The lowest BCUT2D eigenvalue weighted by atomic mass is 10.1. The van der Waals surface area contributed by atoms with E-state index >= 15 is 0 Å². The van der Waals surface area contributed by atoms with Gasteiger partial charge in [-0.15, -0.1) is 0 Å². The summed E-state index contributed by atoms with van der Waals surface area (Å²) in [4.78, 5) is 6.71. The normalized spacial score (nSPS) is 16.8. The van der Waals surface area contributed by atoms with Crippen molar-refractivity contribution in [3.05, 3.63) is 22.3 Å². The highest BCUT2D eigenvalue weighted by Crippen LogP contribution is 2.24. The lowest BCUT2D eigenvalue weighted by Crippen LogP contribution is -2.31. The van der Waals surface area contributed by atoms with Crippen molar-refractivity contribution in [2.45, 2.75) is 25.9 Å². The van der Waals surface area contributed by atoms with Crippen LogP contribution in [0.25, 0.3) is 0 Å². The highest BCUT2D eigenvalue weighted by molar-refractivity contribution is 9.10. The molecule has 3 nitrogen and oxygen atoms in total. The second-order valence-electron chi connectivity index (χ2n) is 3.82. The Hall–Kier alpha value is -0.610. The molecule has 0 saturated carbocycles. The van der Waals surface area contributed by atoms with Gasteiger partial charge >= 0.3 is 0 Å². The molecular formula is C11H15BrN2O. The van der Waals surface area contributed by atoms with Crippen LogP contribution in [0.15, 0.2) is 16.7 Å². The molecule has 0 spiro atoms. The molecule has 1 aliphatic heterocycles. The fourth-order valence-electron chi connectivity index (χ4n) is 1.96. The van der Waals surface area contributed by atoms with Crippen molar-refractivity contribution < 1.29 is 5.11 Å². The molecule has 1 N–H and O–H groups in total. The number of aromatic nitrogens is 1. The van der Waals surface area contributed by atoms with E-state index in [1.54, 1.807) is 0 Å². The average molecular weight is 271 g/mol. The molecule has 82 valence electrons. The Morgan fingerprint density at radius 1 is 1.27 bits per heavy atom. The number of hydrogen-bond acceptors (Lipinski definition) is 3. The van der Waals surface area contributed by atoms with Gasteiger partial charge in [-0.3, -0.25) is 0 Å². The van der Waals surface area contributed by atoms with Gasteiger partial charge in [0.25, 0.3) is 0 Å². The van der Waals surface area contributed by atoms with Gasteiger partial charge in [0.05, 0.1) is 6.61 Å². The largest absolute Gasteiger partial charge is 0.392 e. The number of nitrogens with zero attached hydrogens (tertiary/aromatic N) is 2. The zero-order chi connectivity index (χ0) is 10.7. The third-order valence-corrected chi connectivity index (χ3v) is 3.19. The Bertz CT molecular complexity index is 337. The molecule has 4 heteroatoms. The summed E-state index contributed by atoms with van der Waals surface area (Å²) < 4.78 is 0.834. The summed E-state index contributed by atoms with van der Waals surface area (Å²) in [5.74, 6) is 0.937. The molecule has 2 rings (SSSR count). The van der Waals surface area contributed by atoms with E-state index in [-0.39, 0.29) is 6.61 Å². The van der Waals surface area contributed by atoms with E-state index in [0.717, 1.165) is 29.1 Å². The highest BCUT2D eigenvalue weighted by Gasteiger charge is 2.15. The second kappa shape index (κ2) is 4.94. The summed E-state index contributed by atoms with van der Waals surface area (Å²) in [6, 6.07) is 3.81. The maximum absolute atomic E-state index is 9.26. The number of hydrogen-bond donors (Lipinski definition) is 1. The van der Waals surface area contributed by atoms with Gasteiger partial charge in [0.1, 0.15) is 10.4 Å². The number of rotatable bonds is 2. The fourth-order valence-corrected chi connectivity index (χ4v) is 2.26. The van der Waals surface area contributed by atoms with E-state index < -0.39 is 0 Å². The monoisotopic (exact) mass is 270 g/mol. The third kappa shape index (κ3) is 2.49. The van der Waals surface area contributed by atoms with Crippen molar-refractivity contribution in [3.63, 3.8) is 0 Å². The third-order valence-electron chi connectivity index (χ3n) is 2.75. The SMILES string of the molecule is OCc1ccc(Br)nc1N1CCCCC1. The zero-order valence-electron chi connectivity index (χ0n) is 8.62. The smallest absolute Gasteiger partial charge is 0.135 e. The molecule has 0 unspecified atom stereocenters. The Morgan fingerprint density at radius 3 is 2.67 bits per heavy atom. The van der Waals surface area contributed by atoms with Gasteiger partial charge in [-0.05, 0) is 41.3 Å². The first kappa shape index (κ1) is 10.9. The molecule has 15 heavy (non-hydrogen) atoms. The topological polar surface area (TPSA) is 36.4 Å². The van der Waals surface area contributed by atoms with Crippen LogP contribution in [0.5, 0.6) is 0 Å². The predicted octanol–water partition coefficient (Wildman–Crippen LogP) is 2.33. The summed E-state index contributed by atoms with van der Waals surface area (Å²) in [6.45, 7) is 2.17. The number of aliphatic hydroxyl groups excluding tert-OH is 1. The molecule has 0 amide bonds. The molecule has 1 aromatic heterocycles. The van der Waals surface area contributed by atoms with Crippen LogP contribution in [-0.2, 0) is 6.61 Å². The van der Waals surface area contributed by atoms with Gasteiger partial charge in [0.2, 0.25) is 0 Å². The van der Waals surface area contributed by atoms with Crippen molar-refractivity contribution >= 4 is 21.7 Å². The first-order valence-electron chi connectivity index (χ1n) is 5.32. The Kier molecular flexibility index (Phi) is 3.59. The summed E-state index contributed by atoms with van der Waals surface area (Å²) in [5, 5.41) is 9.26. The van der Waals surface area contributed by atoms with Gasteiger partial charge < -0.3 is 10.0 Å². The lowest BCUT2D eigenvalue weighted by Gasteiger charge is -2.29. The molecule has 0 aromatic carbocycles. The van der Waals surface area contributed by atoms with Crippen LogP contribution in [0.2, 0.25) is 0 Å². The summed E-state index contributed by atoms with van der Waals surface area (Å²) in [7, 11) is 0.